The van der Waals surface area contributed by atoms with Crippen LogP contribution in [0.5, 0.6) is 0 Å². The molecule has 5 nitrogen and oxygen atoms in total. The molecular weight excluding hydrogens is 324 g/mol. The predicted molar refractivity (Wildman–Crippen MR) is 96.6 cm³/mol. The largest absolute Gasteiger partial charge is 0.355 e. The summed E-state index contributed by atoms with van der Waals surface area (Å²) in [5.41, 5.74) is 4.33. The fourth-order valence-corrected chi connectivity index (χ4v) is 2.85. The number of pyridine rings is 1. The summed E-state index contributed by atoms with van der Waals surface area (Å²) in [6.07, 6.45) is 1.61. The van der Waals surface area contributed by atoms with Gasteiger partial charge in [0.15, 0.2) is 0 Å². The predicted octanol–water partition coefficient (Wildman–Crippen LogP) is 4.79. The Bertz CT molecular complexity index is 942. The van der Waals surface area contributed by atoms with Crippen LogP contribution in [-0.4, -0.2) is 10.9 Å². The van der Waals surface area contributed by atoms with Gasteiger partial charge in [-0.2, -0.15) is 0 Å². The summed E-state index contributed by atoms with van der Waals surface area (Å²) in [4.78, 5) is 16.7. The van der Waals surface area contributed by atoms with E-state index in [0.717, 1.165) is 22.7 Å². The first-order valence-corrected chi connectivity index (χ1v) is 7.77. The molecule has 24 heavy (non-hydrogen) atoms. The summed E-state index contributed by atoms with van der Waals surface area (Å²) < 4.78 is 0. The zero-order valence-electron chi connectivity index (χ0n) is 12.5. The van der Waals surface area contributed by atoms with Gasteiger partial charge in [0.1, 0.15) is 5.15 Å². The molecule has 0 radical (unpaired) electrons. The third-order valence-electron chi connectivity index (χ3n) is 3.74. The van der Waals surface area contributed by atoms with Gasteiger partial charge in [0.25, 0.3) is 5.91 Å². The van der Waals surface area contributed by atoms with Crippen LogP contribution in [0, 0.1) is 0 Å². The highest BCUT2D eigenvalue weighted by molar-refractivity contribution is 6.29. The number of nitrogens with zero attached hydrogens (tertiary/aromatic N) is 1. The first-order chi connectivity index (χ1) is 11.7. The van der Waals surface area contributed by atoms with E-state index < -0.39 is 0 Å². The van der Waals surface area contributed by atoms with E-state index in [0.29, 0.717) is 16.4 Å². The zero-order valence-corrected chi connectivity index (χ0v) is 13.3. The molecule has 0 aliphatic carbocycles. The number of rotatable bonds is 2. The summed E-state index contributed by atoms with van der Waals surface area (Å²) in [7, 11) is 0. The molecule has 0 atom stereocenters. The highest BCUT2D eigenvalue weighted by Crippen LogP contribution is 2.35. The van der Waals surface area contributed by atoms with Gasteiger partial charge in [-0.1, -0.05) is 29.8 Å². The third kappa shape index (κ3) is 2.66. The molecule has 0 unspecified atom stereocenters. The number of carbonyl (C=O) groups excluding carboxylic acids is 1. The van der Waals surface area contributed by atoms with Gasteiger partial charge < -0.3 is 16.0 Å². The van der Waals surface area contributed by atoms with Gasteiger partial charge in [0.05, 0.1) is 28.3 Å². The number of amides is 1. The standard InChI is InChI=1S/C18H13ClN4O/c19-16-10-11(8-9-20-16)21-14-6-3-7-15-17(14)18(24)23-13-5-2-1-4-12(13)22-15/h1-10,22H,(H,20,21)(H,23,24). The zero-order chi connectivity index (χ0) is 16.5. The summed E-state index contributed by atoms with van der Waals surface area (Å²) in [6.45, 7) is 0. The van der Waals surface area contributed by atoms with Crippen LogP contribution in [0.3, 0.4) is 0 Å². The van der Waals surface area contributed by atoms with Crippen molar-refractivity contribution in [3.8, 4) is 0 Å². The molecule has 2 aromatic carbocycles. The van der Waals surface area contributed by atoms with Crippen molar-refractivity contribution in [1.82, 2.24) is 4.98 Å². The maximum Gasteiger partial charge on any atom is 0.259 e. The molecular formula is C18H13ClN4O. The number of hydrogen-bond donors (Lipinski definition) is 3. The average Bonchev–Trinajstić information content (AvgIpc) is 2.71. The lowest BCUT2D eigenvalue weighted by atomic mass is 10.1. The Morgan fingerprint density at radius 2 is 1.67 bits per heavy atom. The molecule has 2 heterocycles. The Labute approximate surface area is 143 Å². The third-order valence-corrected chi connectivity index (χ3v) is 3.95. The fourth-order valence-electron chi connectivity index (χ4n) is 2.67. The minimum Gasteiger partial charge on any atom is -0.355 e. The molecule has 3 N–H and O–H groups in total. The quantitative estimate of drug-likeness (QED) is 0.589. The molecule has 0 spiro atoms. The van der Waals surface area contributed by atoms with Gasteiger partial charge in [-0.25, -0.2) is 4.98 Å². The molecule has 3 aromatic rings. The van der Waals surface area contributed by atoms with E-state index in [2.05, 4.69) is 20.9 Å². The smallest absolute Gasteiger partial charge is 0.259 e. The van der Waals surface area contributed by atoms with Crippen molar-refractivity contribution in [3.63, 3.8) is 0 Å². The van der Waals surface area contributed by atoms with Crippen LogP contribution in [0.15, 0.2) is 60.8 Å². The Balaban J connectivity index is 1.77. The van der Waals surface area contributed by atoms with Crippen molar-refractivity contribution in [2.24, 2.45) is 0 Å². The van der Waals surface area contributed by atoms with Crippen LogP contribution in [0.25, 0.3) is 0 Å². The van der Waals surface area contributed by atoms with Crippen LogP contribution in [0.4, 0.5) is 28.4 Å². The van der Waals surface area contributed by atoms with Gasteiger partial charge in [0, 0.05) is 11.9 Å². The van der Waals surface area contributed by atoms with Crippen LogP contribution in [0.1, 0.15) is 10.4 Å². The molecule has 118 valence electrons. The van der Waals surface area contributed by atoms with Gasteiger partial charge in [-0.3, -0.25) is 4.79 Å². The van der Waals surface area contributed by atoms with Crippen molar-refractivity contribution in [1.29, 1.82) is 0 Å². The second-order valence-corrected chi connectivity index (χ2v) is 5.73. The number of hydrogen-bond acceptors (Lipinski definition) is 4. The molecule has 0 saturated carbocycles. The van der Waals surface area contributed by atoms with Crippen molar-refractivity contribution < 1.29 is 4.79 Å². The van der Waals surface area contributed by atoms with Gasteiger partial charge in [0.2, 0.25) is 0 Å². The van der Waals surface area contributed by atoms with Crippen LogP contribution < -0.4 is 16.0 Å². The van der Waals surface area contributed by atoms with E-state index in [1.165, 1.54) is 0 Å². The lowest BCUT2D eigenvalue weighted by Gasteiger charge is -2.14. The van der Waals surface area contributed by atoms with E-state index in [1.54, 1.807) is 18.3 Å². The highest BCUT2D eigenvalue weighted by atomic mass is 35.5. The monoisotopic (exact) mass is 336 g/mol. The molecule has 0 fully saturated rings. The summed E-state index contributed by atoms with van der Waals surface area (Å²) in [6, 6.07) is 16.7. The summed E-state index contributed by atoms with van der Waals surface area (Å²) in [5.74, 6) is -0.175. The molecule has 0 bridgehead atoms. The van der Waals surface area contributed by atoms with Crippen LogP contribution in [-0.2, 0) is 0 Å². The number of halogens is 1. The maximum absolute atomic E-state index is 12.7. The lowest BCUT2D eigenvalue weighted by Crippen LogP contribution is -2.13. The fraction of sp³-hybridized carbons (Fsp3) is 0. The minimum absolute atomic E-state index is 0.175. The first-order valence-electron chi connectivity index (χ1n) is 7.40. The Hall–Kier alpha value is -3.05. The SMILES string of the molecule is O=C1Nc2ccccc2Nc2cccc(Nc3ccnc(Cl)c3)c21. The van der Waals surface area contributed by atoms with E-state index in [9.17, 15) is 4.79 Å². The molecule has 1 aromatic heterocycles. The maximum atomic E-state index is 12.7. The van der Waals surface area contributed by atoms with E-state index in [1.807, 2.05) is 42.5 Å². The topological polar surface area (TPSA) is 66.1 Å². The van der Waals surface area contributed by atoms with Gasteiger partial charge >= 0.3 is 0 Å². The number of aromatic nitrogens is 1. The van der Waals surface area contributed by atoms with E-state index >= 15 is 0 Å². The number of nitrogens with one attached hydrogen (secondary N) is 3. The van der Waals surface area contributed by atoms with Gasteiger partial charge in [-0.15, -0.1) is 0 Å². The minimum atomic E-state index is -0.175. The Kier molecular flexibility index (Phi) is 3.55. The van der Waals surface area contributed by atoms with Crippen molar-refractivity contribution >= 4 is 45.9 Å². The van der Waals surface area contributed by atoms with Crippen LogP contribution >= 0.6 is 11.6 Å². The number of para-hydroxylation sites is 2. The molecule has 1 aliphatic rings. The van der Waals surface area contributed by atoms with Crippen LogP contribution in [0.2, 0.25) is 5.15 Å². The lowest BCUT2D eigenvalue weighted by molar-refractivity contribution is 0.102. The van der Waals surface area contributed by atoms with E-state index in [4.69, 9.17) is 11.6 Å². The molecule has 4 rings (SSSR count). The Morgan fingerprint density at radius 3 is 2.46 bits per heavy atom. The summed E-state index contributed by atoms with van der Waals surface area (Å²) >= 11 is 5.93. The van der Waals surface area contributed by atoms with Crippen molar-refractivity contribution in [3.05, 3.63) is 71.5 Å². The van der Waals surface area contributed by atoms with Crippen molar-refractivity contribution in [2.45, 2.75) is 0 Å². The normalized spacial score (nSPS) is 12.3. The Morgan fingerprint density at radius 1 is 0.917 bits per heavy atom. The number of anilines is 5. The van der Waals surface area contributed by atoms with Gasteiger partial charge in [-0.05, 0) is 36.4 Å². The molecule has 0 saturated heterocycles. The van der Waals surface area contributed by atoms with Crippen molar-refractivity contribution in [2.75, 3.05) is 16.0 Å². The second kappa shape index (κ2) is 5.86. The molecule has 1 amide bonds. The molecule has 6 heteroatoms. The highest BCUT2D eigenvalue weighted by Gasteiger charge is 2.21. The average molecular weight is 337 g/mol. The number of carbonyl (C=O) groups is 1. The molecule has 1 aliphatic heterocycles. The second-order valence-electron chi connectivity index (χ2n) is 5.35. The van der Waals surface area contributed by atoms with E-state index in [-0.39, 0.29) is 5.91 Å². The summed E-state index contributed by atoms with van der Waals surface area (Å²) in [5, 5.41) is 9.86. The first kappa shape index (κ1) is 14.5. The number of fused-ring (bicyclic) bond motifs is 2. The number of benzene rings is 2.